The number of carbonyl (C=O) groups is 1. The highest BCUT2D eigenvalue weighted by Crippen LogP contribution is 2.27. The van der Waals surface area contributed by atoms with Crippen LogP contribution >= 0.6 is 12.4 Å². The third-order valence-corrected chi connectivity index (χ3v) is 4.39. The predicted molar refractivity (Wildman–Crippen MR) is 76.8 cm³/mol. The number of halogens is 1. The molecule has 1 atom stereocenters. The van der Waals surface area contributed by atoms with E-state index < -0.39 is 0 Å². The number of hydrogen-bond donors (Lipinski definition) is 1. The highest BCUT2D eigenvalue weighted by Gasteiger charge is 2.31. The molecule has 18 heavy (non-hydrogen) atoms. The molecule has 2 N–H and O–H groups in total. The van der Waals surface area contributed by atoms with Gasteiger partial charge in [0, 0.05) is 25.0 Å². The Balaban J connectivity index is 0.00000162. The van der Waals surface area contributed by atoms with E-state index in [1.165, 1.54) is 32.1 Å². The summed E-state index contributed by atoms with van der Waals surface area (Å²) >= 11 is 0. The van der Waals surface area contributed by atoms with Gasteiger partial charge in [-0.3, -0.25) is 4.79 Å². The molecule has 0 aromatic carbocycles. The Morgan fingerprint density at radius 3 is 2.22 bits per heavy atom. The summed E-state index contributed by atoms with van der Waals surface area (Å²) in [5.41, 5.74) is 5.75. The van der Waals surface area contributed by atoms with Gasteiger partial charge in [-0.05, 0) is 25.7 Å². The molecule has 1 saturated heterocycles. The zero-order chi connectivity index (χ0) is 12.1. The molecule has 1 unspecified atom stereocenters. The molecule has 0 spiro atoms. The van der Waals surface area contributed by atoms with Gasteiger partial charge in [0.25, 0.3) is 0 Å². The van der Waals surface area contributed by atoms with Gasteiger partial charge in [-0.25, -0.2) is 0 Å². The van der Waals surface area contributed by atoms with Gasteiger partial charge in [-0.15, -0.1) is 12.4 Å². The van der Waals surface area contributed by atoms with Gasteiger partial charge in [0.15, 0.2) is 0 Å². The Bertz CT molecular complexity index is 252. The quantitative estimate of drug-likeness (QED) is 0.842. The summed E-state index contributed by atoms with van der Waals surface area (Å²) in [4.78, 5) is 14.6. The number of hydrogen-bond acceptors (Lipinski definition) is 2. The largest absolute Gasteiger partial charge is 0.338 e. The minimum Gasteiger partial charge on any atom is -0.338 e. The molecular weight excluding hydrogens is 248 g/mol. The number of nitrogens with zero attached hydrogens (tertiary/aromatic N) is 1. The zero-order valence-corrected chi connectivity index (χ0v) is 12.1. The molecule has 106 valence electrons. The molecule has 0 radical (unpaired) electrons. The molecule has 4 heteroatoms. The molecule has 2 aliphatic rings. The second kappa shape index (κ2) is 8.00. The second-order valence-electron chi connectivity index (χ2n) is 5.61. The van der Waals surface area contributed by atoms with Crippen LogP contribution in [0.15, 0.2) is 0 Å². The van der Waals surface area contributed by atoms with Gasteiger partial charge in [-0.1, -0.05) is 32.1 Å². The van der Waals surface area contributed by atoms with Crippen molar-refractivity contribution in [2.24, 2.45) is 11.7 Å². The van der Waals surface area contributed by atoms with Crippen molar-refractivity contribution in [1.82, 2.24) is 4.90 Å². The summed E-state index contributed by atoms with van der Waals surface area (Å²) in [6.07, 6.45) is 10.9. The van der Waals surface area contributed by atoms with Gasteiger partial charge < -0.3 is 10.6 Å². The monoisotopic (exact) mass is 274 g/mol. The SMILES string of the molecule is Cl.NCC1CCCN1C(=O)C1CCCCCCC1. The minimum atomic E-state index is 0. The fraction of sp³-hybridized carbons (Fsp3) is 0.929. The lowest BCUT2D eigenvalue weighted by Gasteiger charge is -2.29. The average molecular weight is 275 g/mol. The highest BCUT2D eigenvalue weighted by molar-refractivity contribution is 5.85. The molecule has 0 aromatic rings. The topological polar surface area (TPSA) is 46.3 Å². The van der Waals surface area contributed by atoms with Crippen LogP contribution in [0.3, 0.4) is 0 Å². The summed E-state index contributed by atoms with van der Waals surface area (Å²) in [6.45, 7) is 1.58. The average Bonchev–Trinajstić information content (AvgIpc) is 2.75. The van der Waals surface area contributed by atoms with Crippen LogP contribution < -0.4 is 5.73 Å². The second-order valence-corrected chi connectivity index (χ2v) is 5.61. The van der Waals surface area contributed by atoms with E-state index in [0.29, 0.717) is 24.4 Å². The Kier molecular flexibility index (Phi) is 7.02. The van der Waals surface area contributed by atoms with Crippen LogP contribution in [0, 0.1) is 5.92 Å². The normalized spacial score (nSPS) is 26.3. The van der Waals surface area contributed by atoms with E-state index in [0.717, 1.165) is 32.2 Å². The first-order valence-electron chi connectivity index (χ1n) is 7.33. The van der Waals surface area contributed by atoms with Crippen LogP contribution in [0.1, 0.15) is 57.8 Å². The lowest BCUT2D eigenvalue weighted by molar-refractivity contribution is -0.136. The number of rotatable bonds is 2. The number of nitrogens with two attached hydrogens (primary N) is 1. The minimum absolute atomic E-state index is 0. The summed E-state index contributed by atoms with van der Waals surface area (Å²) in [7, 11) is 0. The Morgan fingerprint density at radius 1 is 1.00 bits per heavy atom. The smallest absolute Gasteiger partial charge is 0.225 e. The summed E-state index contributed by atoms with van der Waals surface area (Å²) < 4.78 is 0. The van der Waals surface area contributed by atoms with Crippen molar-refractivity contribution < 1.29 is 4.79 Å². The molecular formula is C14H27ClN2O. The fourth-order valence-electron chi connectivity index (χ4n) is 3.31. The predicted octanol–water partition coefficient (Wildman–Crippen LogP) is 2.72. The number of amides is 1. The standard InChI is InChI=1S/C14H26N2O.ClH/c15-11-13-9-6-10-16(13)14(17)12-7-4-2-1-3-5-8-12;/h12-13H,1-11,15H2;1H. The van der Waals surface area contributed by atoms with Crippen LogP contribution in [0.25, 0.3) is 0 Å². The molecule has 2 rings (SSSR count). The third-order valence-electron chi connectivity index (χ3n) is 4.39. The van der Waals surface area contributed by atoms with Crippen LogP contribution in [0.2, 0.25) is 0 Å². The molecule has 2 fully saturated rings. The highest BCUT2D eigenvalue weighted by atomic mass is 35.5. The molecule has 1 aliphatic heterocycles. The maximum atomic E-state index is 12.5. The van der Waals surface area contributed by atoms with Crippen molar-refractivity contribution in [3.8, 4) is 0 Å². The first-order chi connectivity index (χ1) is 8.33. The summed E-state index contributed by atoms with van der Waals surface area (Å²) in [5, 5.41) is 0. The van der Waals surface area contributed by atoms with Crippen LogP contribution in [-0.4, -0.2) is 29.9 Å². The Hall–Kier alpha value is -0.280. The lowest BCUT2D eigenvalue weighted by atomic mass is 9.90. The lowest BCUT2D eigenvalue weighted by Crippen LogP contribution is -2.43. The van der Waals surface area contributed by atoms with E-state index in [1.54, 1.807) is 0 Å². The van der Waals surface area contributed by atoms with E-state index in [2.05, 4.69) is 4.90 Å². The van der Waals surface area contributed by atoms with Crippen molar-refractivity contribution >= 4 is 18.3 Å². The van der Waals surface area contributed by atoms with Crippen molar-refractivity contribution in [2.75, 3.05) is 13.1 Å². The first kappa shape index (κ1) is 15.8. The molecule has 0 aromatic heterocycles. The van der Waals surface area contributed by atoms with Gasteiger partial charge in [-0.2, -0.15) is 0 Å². The maximum Gasteiger partial charge on any atom is 0.225 e. The third kappa shape index (κ3) is 3.86. The van der Waals surface area contributed by atoms with E-state index >= 15 is 0 Å². The summed E-state index contributed by atoms with van der Waals surface area (Å²) in [6, 6.07) is 0.327. The van der Waals surface area contributed by atoms with Crippen LogP contribution in [0.4, 0.5) is 0 Å². The van der Waals surface area contributed by atoms with Gasteiger partial charge in [0.1, 0.15) is 0 Å². The molecule has 0 bridgehead atoms. The Labute approximate surface area is 117 Å². The van der Waals surface area contributed by atoms with E-state index in [4.69, 9.17) is 5.73 Å². The Morgan fingerprint density at radius 2 is 1.61 bits per heavy atom. The van der Waals surface area contributed by atoms with Crippen LogP contribution in [0.5, 0.6) is 0 Å². The molecule has 1 aliphatic carbocycles. The zero-order valence-electron chi connectivity index (χ0n) is 11.3. The molecule has 1 heterocycles. The van der Waals surface area contributed by atoms with Gasteiger partial charge >= 0.3 is 0 Å². The van der Waals surface area contributed by atoms with Crippen molar-refractivity contribution in [2.45, 2.75) is 63.8 Å². The van der Waals surface area contributed by atoms with Gasteiger partial charge in [0.2, 0.25) is 5.91 Å². The first-order valence-corrected chi connectivity index (χ1v) is 7.33. The van der Waals surface area contributed by atoms with Crippen molar-refractivity contribution in [1.29, 1.82) is 0 Å². The van der Waals surface area contributed by atoms with Crippen molar-refractivity contribution in [3.63, 3.8) is 0 Å². The van der Waals surface area contributed by atoms with Crippen LogP contribution in [-0.2, 0) is 4.79 Å². The van der Waals surface area contributed by atoms with Gasteiger partial charge in [0.05, 0.1) is 0 Å². The van der Waals surface area contributed by atoms with E-state index in [9.17, 15) is 4.79 Å². The molecule has 3 nitrogen and oxygen atoms in total. The molecule has 1 amide bonds. The molecule has 1 saturated carbocycles. The number of likely N-dealkylation sites (tertiary alicyclic amines) is 1. The fourth-order valence-corrected chi connectivity index (χ4v) is 3.31. The van der Waals surface area contributed by atoms with Crippen molar-refractivity contribution in [3.05, 3.63) is 0 Å². The van der Waals surface area contributed by atoms with E-state index in [1.807, 2.05) is 0 Å². The van der Waals surface area contributed by atoms with E-state index in [-0.39, 0.29) is 12.4 Å². The number of carbonyl (C=O) groups excluding carboxylic acids is 1. The maximum absolute atomic E-state index is 12.5. The summed E-state index contributed by atoms with van der Waals surface area (Å²) in [5.74, 6) is 0.697.